The molecule has 0 radical (unpaired) electrons. The highest BCUT2D eigenvalue weighted by Crippen LogP contribution is 2.37. The quantitative estimate of drug-likeness (QED) is 0.450. The maximum absolute atomic E-state index is 13.2. The number of fused-ring (bicyclic) bond motifs is 2. The summed E-state index contributed by atoms with van der Waals surface area (Å²) >= 11 is 1.66. The van der Waals surface area contributed by atoms with Crippen molar-refractivity contribution in [1.82, 2.24) is 19.4 Å². The smallest absolute Gasteiger partial charge is 0.238 e. The Hall–Kier alpha value is -2.82. The summed E-state index contributed by atoms with van der Waals surface area (Å²) in [6, 6.07) is 12.8. The van der Waals surface area contributed by atoms with Gasteiger partial charge < -0.3 is 9.47 Å². The van der Waals surface area contributed by atoms with Crippen molar-refractivity contribution in [2.45, 2.75) is 50.1 Å². The van der Waals surface area contributed by atoms with E-state index in [2.05, 4.69) is 11.1 Å². The van der Waals surface area contributed by atoms with Crippen LogP contribution in [0, 0.1) is 0 Å². The molecule has 1 aliphatic rings. The van der Waals surface area contributed by atoms with Gasteiger partial charge >= 0.3 is 0 Å². The van der Waals surface area contributed by atoms with Crippen LogP contribution in [0.15, 0.2) is 47.4 Å². The van der Waals surface area contributed by atoms with Crippen LogP contribution in [0.25, 0.3) is 21.3 Å². The standard InChI is InChI=1S/C23H25N5O3S2/c1-2-27-18-10-9-15(33(24,30)31)14-17(18)25-21(27)11-12-22(29)28-13-5-7-19(28)23-26-16-6-3-4-8-20(16)32-23/h3-4,6,8-10,14,19H,2,5,7,11-13H2,1H3,(H2,24,30,31)/t19-/m1/s1. The SMILES string of the molecule is CCn1c(CCC(=O)N2CCC[C@@H]2c2nc3ccccc3s2)nc2cc(S(N)(=O)=O)ccc21. The molecule has 1 aliphatic heterocycles. The molecule has 10 heteroatoms. The molecule has 2 aromatic carbocycles. The number of rotatable bonds is 6. The number of aryl methyl sites for hydroxylation is 2. The van der Waals surface area contributed by atoms with Crippen LogP contribution in [-0.4, -0.2) is 40.3 Å². The van der Waals surface area contributed by atoms with Crippen LogP contribution in [0.1, 0.15) is 43.1 Å². The molecule has 0 spiro atoms. The lowest BCUT2D eigenvalue weighted by Gasteiger charge is -2.23. The van der Waals surface area contributed by atoms with Crippen LogP contribution in [0.2, 0.25) is 0 Å². The fourth-order valence-corrected chi connectivity index (χ4v) is 6.25. The average molecular weight is 484 g/mol. The third kappa shape index (κ3) is 4.14. The zero-order valence-electron chi connectivity index (χ0n) is 18.3. The molecule has 1 saturated heterocycles. The van der Waals surface area contributed by atoms with Crippen molar-refractivity contribution in [1.29, 1.82) is 0 Å². The number of aromatic nitrogens is 3. The Morgan fingerprint density at radius 2 is 2.00 bits per heavy atom. The minimum Gasteiger partial charge on any atom is -0.333 e. The van der Waals surface area contributed by atoms with Crippen molar-refractivity contribution in [3.05, 3.63) is 53.3 Å². The second-order valence-corrected chi connectivity index (χ2v) is 10.9. The van der Waals surface area contributed by atoms with Crippen LogP contribution in [-0.2, 0) is 27.8 Å². The third-order valence-corrected chi connectivity index (χ3v) is 8.22. The topological polar surface area (TPSA) is 111 Å². The Morgan fingerprint density at radius 3 is 2.76 bits per heavy atom. The van der Waals surface area contributed by atoms with Gasteiger partial charge in [0.1, 0.15) is 10.8 Å². The maximum Gasteiger partial charge on any atom is 0.238 e. The summed E-state index contributed by atoms with van der Waals surface area (Å²) in [5, 5.41) is 6.26. The molecule has 172 valence electrons. The number of primary sulfonamides is 1. The summed E-state index contributed by atoms with van der Waals surface area (Å²) in [5.74, 6) is 0.861. The van der Waals surface area contributed by atoms with E-state index in [1.807, 2.05) is 34.6 Å². The molecule has 0 aliphatic carbocycles. The van der Waals surface area contributed by atoms with Crippen LogP contribution >= 0.6 is 11.3 Å². The fraction of sp³-hybridized carbons (Fsp3) is 0.348. The van der Waals surface area contributed by atoms with E-state index in [9.17, 15) is 13.2 Å². The van der Waals surface area contributed by atoms with E-state index >= 15 is 0 Å². The number of benzene rings is 2. The predicted octanol–water partition coefficient (Wildman–Crippen LogP) is 3.61. The Labute approximate surface area is 196 Å². The number of carbonyl (C=O) groups is 1. The molecule has 2 aromatic heterocycles. The zero-order valence-corrected chi connectivity index (χ0v) is 19.9. The number of likely N-dealkylation sites (tertiary alicyclic amines) is 1. The number of hydrogen-bond donors (Lipinski definition) is 1. The molecule has 5 rings (SSSR count). The third-order valence-electron chi connectivity index (χ3n) is 6.17. The number of nitrogens with two attached hydrogens (primary N) is 1. The Kier molecular flexibility index (Phi) is 5.67. The van der Waals surface area contributed by atoms with Crippen molar-refractivity contribution in [2.75, 3.05) is 6.54 Å². The minimum absolute atomic E-state index is 0.0252. The van der Waals surface area contributed by atoms with E-state index in [-0.39, 0.29) is 16.8 Å². The Balaban J connectivity index is 1.35. The summed E-state index contributed by atoms with van der Waals surface area (Å²) in [6.07, 6.45) is 2.72. The largest absolute Gasteiger partial charge is 0.333 e. The molecule has 3 heterocycles. The van der Waals surface area contributed by atoms with Crippen molar-refractivity contribution in [3.8, 4) is 0 Å². The highest BCUT2D eigenvalue weighted by Gasteiger charge is 2.32. The van der Waals surface area contributed by atoms with E-state index in [0.29, 0.717) is 24.9 Å². The number of sulfonamides is 1. The Morgan fingerprint density at radius 1 is 1.18 bits per heavy atom. The maximum atomic E-state index is 13.2. The van der Waals surface area contributed by atoms with Crippen LogP contribution in [0.5, 0.6) is 0 Å². The fourth-order valence-electron chi connectivity index (χ4n) is 4.60. The van der Waals surface area contributed by atoms with Gasteiger partial charge in [0.05, 0.1) is 32.2 Å². The van der Waals surface area contributed by atoms with E-state index in [0.717, 1.165) is 46.0 Å². The number of imidazole rings is 1. The van der Waals surface area contributed by atoms with Gasteiger partial charge in [-0.3, -0.25) is 4.79 Å². The Bertz CT molecular complexity index is 1420. The van der Waals surface area contributed by atoms with Crippen molar-refractivity contribution < 1.29 is 13.2 Å². The van der Waals surface area contributed by atoms with E-state index in [1.165, 1.54) is 12.1 Å². The van der Waals surface area contributed by atoms with Gasteiger partial charge in [-0.25, -0.2) is 23.5 Å². The highest BCUT2D eigenvalue weighted by molar-refractivity contribution is 7.89. The minimum atomic E-state index is -3.80. The lowest BCUT2D eigenvalue weighted by molar-refractivity contribution is -0.132. The van der Waals surface area contributed by atoms with Gasteiger partial charge in [-0.05, 0) is 50.1 Å². The molecule has 8 nitrogen and oxygen atoms in total. The molecule has 0 unspecified atom stereocenters. The first-order valence-corrected chi connectivity index (χ1v) is 13.4. The number of hydrogen-bond acceptors (Lipinski definition) is 6. The van der Waals surface area contributed by atoms with Gasteiger partial charge in [-0.1, -0.05) is 12.1 Å². The number of para-hydroxylation sites is 1. The van der Waals surface area contributed by atoms with Gasteiger partial charge in [-0.15, -0.1) is 11.3 Å². The molecule has 0 saturated carbocycles. The molecular formula is C23H25N5O3S2. The number of carbonyl (C=O) groups excluding carboxylic acids is 1. The lowest BCUT2D eigenvalue weighted by atomic mass is 10.2. The van der Waals surface area contributed by atoms with Gasteiger partial charge in [-0.2, -0.15) is 0 Å². The van der Waals surface area contributed by atoms with Gasteiger partial charge in [0, 0.05) is 25.9 Å². The number of thiazole rings is 1. The summed E-state index contributed by atoms with van der Waals surface area (Å²) in [7, 11) is -3.80. The molecule has 33 heavy (non-hydrogen) atoms. The van der Waals surface area contributed by atoms with Crippen LogP contribution < -0.4 is 5.14 Å². The van der Waals surface area contributed by atoms with Crippen molar-refractivity contribution >= 4 is 48.5 Å². The van der Waals surface area contributed by atoms with E-state index in [1.54, 1.807) is 17.4 Å². The summed E-state index contributed by atoms with van der Waals surface area (Å²) in [4.78, 5) is 24.6. The van der Waals surface area contributed by atoms with Gasteiger partial charge in [0.25, 0.3) is 0 Å². The van der Waals surface area contributed by atoms with E-state index < -0.39 is 10.0 Å². The molecular weight excluding hydrogens is 458 g/mol. The van der Waals surface area contributed by atoms with Crippen LogP contribution in [0.4, 0.5) is 0 Å². The zero-order chi connectivity index (χ0) is 23.2. The first kappa shape index (κ1) is 22.0. The molecule has 1 fully saturated rings. The van der Waals surface area contributed by atoms with Crippen molar-refractivity contribution in [3.63, 3.8) is 0 Å². The molecule has 0 bridgehead atoms. The van der Waals surface area contributed by atoms with Gasteiger partial charge in [0.2, 0.25) is 15.9 Å². The normalized spacial score (nSPS) is 16.8. The molecule has 2 N–H and O–H groups in total. The number of amides is 1. The van der Waals surface area contributed by atoms with Gasteiger partial charge in [0.15, 0.2) is 0 Å². The molecule has 1 amide bonds. The summed E-state index contributed by atoms with van der Waals surface area (Å²) < 4.78 is 26.5. The second-order valence-electron chi connectivity index (χ2n) is 8.23. The first-order valence-electron chi connectivity index (χ1n) is 11.0. The predicted molar refractivity (Wildman–Crippen MR) is 128 cm³/mol. The first-order chi connectivity index (χ1) is 15.8. The average Bonchev–Trinajstić information content (AvgIpc) is 3.51. The van der Waals surface area contributed by atoms with Crippen LogP contribution in [0.3, 0.4) is 0 Å². The van der Waals surface area contributed by atoms with E-state index in [4.69, 9.17) is 10.1 Å². The van der Waals surface area contributed by atoms with Crippen molar-refractivity contribution in [2.24, 2.45) is 5.14 Å². The molecule has 1 atom stereocenters. The summed E-state index contributed by atoms with van der Waals surface area (Å²) in [6.45, 7) is 3.41. The lowest BCUT2D eigenvalue weighted by Crippen LogP contribution is -2.30. The highest BCUT2D eigenvalue weighted by atomic mass is 32.2. The monoisotopic (exact) mass is 483 g/mol. The summed E-state index contributed by atoms with van der Waals surface area (Å²) in [5.41, 5.74) is 2.38. The second kappa shape index (κ2) is 8.51. The molecule has 4 aromatic rings. The number of nitrogens with zero attached hydrogens (tertiary/aromatic N) is 4.